The van der Waals surface area contributed by atoms with Crippen LogP contribution in [0, 0.1) is 0 Å². The molecule has 12 aromatic rings. The van der Waals surface area contributed by atoms with Crippen LogP contribution in [0.2, 0.25) is 0 Å². The van der Waals surface area contributed by atoms with Crippen LogP contribution >= 0.6 is 0 Å². The molecular weight excluding hydrogens is 755 g/mol. The Bertz CT molecular complexity index is 3520. The lowest BCUT2D eigenvalue weighted by molar-refractivity contribution is 1.07. The third-order valence-corrected chi connectivity index (χ3v) is 12.0. The van der Waals surface area contributed by atoms with E-state index in [4.69, 9.17) is 15.0 Å². The molecule has 0 aliphatic rings. The average molecular weight is 792 g/mol. The number of hydrogen-bond acceptors (Lipinski definition) is 4. The average Bonchev–Trinajstić information content (AvgIpc) is 3.68. The second kappa shape index (κ2) is 14.7. The molecule has 2 aromatic heterocycles. The monoisotopic (exact) mass is 791 g/mol. The van der Waals surface area contributed by atoms with E-state index >= 15 is 0 Å². The van der Waals surface area contributed by atoms with E-state index in [0.29, 0.717) is 17.5 Å². The zero-order chi connectivity index (χ0) is 41.0. The van der Waals surface area contributed by atoms with E-state index in [9.17, 15) is 0 Å². The number of benzene rings is 10. The van der Waals surface area contributed by atoms with Crippen molar-refractivity contribution in [2.45, 2.75) is 0 Å². The van der Waals surface area contributed by atoms with Gasteiger partial charge in [-0.3, -0.25) is 0 Å². The van der Waals surface area contributed by atoms with Crippen molar-refractivity contribution < 1.29 is 0 Å². The molecule has 0 radical (unpaired) electrons. The molecule has 5 nitrogen and oxygen atoms in total. The normalized spacial score (nSPS) is 11.5. The zero-order valence-corrected chi connectivity index (χ0v) is 33.6. The Morgan fingerprint density at radius 1 is 0.274 bits per heavy atom. The molecule has 0 saturated carbocycles. The lowest BCUT2D eigenvalue weighted by Crippen LogP contribution is -2.09. The highest BCUT2D eigenvalue weighted by atomic mass is 15.1. The topological polar surface area (TPSA) is 46.8 Å². The predicted octanol–water partition coefficient (Wildman–Crippen LogP) is 14.9. The van der Waals surface area contributed by atoms with Crippen molar-refractivity contribution in [1.29, 1.82) is 0 Å². The quantitative estimate of drug-likeness (QED) is 0.151. The third kappa shape index (κ3) is 5.98. The van der Waals surface area contributed by atoms with Gasteiger partial charge < -0.3 is 9.47 Å². The molecule has 0 fully saturated rings. The molecular formula is C57H37N5. The Labute approximate surface area is 358 Å². The Morgan fingerprint density at radius 2 is 0.710 bits per heavy atom. The highest BCUT2D eigenvalue weighted by Gasteiger charge is 2.19. The van der Waals surface area contributed by atoms with Crippen molar-refractivity contribution in [2.75, 3.05) is 4.90 Å². The molecule has 10 aromatic carbocycles. The molecule has 290 valence electrons. The van der Waals surface area contributed by atoms with E-state index in [0.717, 1.165) is 55.9 Å². The Kier molecular flexibility index (Phi) is 8.42. The molecule has 0 N–H and O–H groups in total. The largest absolute Gasteiger partial charge is 0.310 e. The van der Waals surface area contributed by atoms with E-state index < -0.39 is 0 Å². The van der Waals surface area contributed by atoms with E-state index in [1.54, 1.807) is 0 Å². The van der Waals surface area contributed by atoms with Crippen molar-refractivity contribution in [2.24, 2.45) is 0 Å². The third-order valence-electron chi connectivity index (χ3n) is 12.0. The van der Waals surface area contributed by atoms with Gasteiger partial charge in [-0.15, -0.1) is 0 Å². The summed E-state index contributed by atoms with van der Waals surface area (Å²) in [4.78, 5) is 17.4. The lowest BCUT2D eigenvalue weighted by atomic mass is 9.93. The standard InChI is InChI=1S/C57H37N5/c1-5-17-38(18-6-1)55-58-56(39-19-7-2-8-20-39)60-57(59-55)40-29-32-47-45-25-13-14-26-46(45)52-36-43(30-33-48(52)51(47)35-40)62-53-28-16-15-27-49(53)50-34-31-44(37-54(50)62)61(41-21-9-3-10-22-41)42-23-11-4-12-24-42/h1-37H. The zero-order valence-electron chi connectivity index (χ0n) is 33.6. The summed E-state index contributed by atoms with van der Waals surface area (Å²) in [5, 5.41) is 9.54. The molecule has 2 heterocycles. The van der Waals surface area contributed by atoms with Gasteiger partial charge in [-0.25, -0.2) is 15.0 Å². The van der Waals surface area contributed by atoms with Gasteiger partial charge in [-0.1, -0.05) is 164 Å². The summed E-state index contributed by atoms with van der Waals surface area (Å²) in [6.45, 7) is 0. The summed E-state index contributed by atoms with van der Waals surface area (Å²) in [7, 11) is 0. The van der Waals surface area contributed by atoms with Gasteiger partial charge in [0.1, 0.15) is 0 Å². The van der Waals surface area contributed by atoms with Gasteiger partial charge in [0.25, 0.3) is 0 Å². The van der Waals surface area contributed by atoms with E-state index in [-0.39, 0.29) is 0 Å². The van der Waals surface area contributed by atoms with Crippen molar-refractivity contribution >= 4 is 71.2 Å². The van der Waals surface area contributed by atoms with Gasteiger partial charge in [0.2, 0.25) is 0 Å². The van der Waals surface area contributed by atoms with Crippen LogP contribution in [0.25, 0.3) is 94.0 Å². The fourth-order valence-corrected chi connectivity index (χ4v) is 9.14. The minimum Gasteiger partial charge on any atom is -0.310 e. The summed E-state index contributed by atoms with van der Waals surface area (Å²) in [6, 6.07) is 79.5. The Morgan fingerprint density at radius 3 is 1.34 bits per heavy atom. The first kappa shape index (κ1) is 35.5. The maximum absolute atomic E-state index is 5.08. The SMILES string of the molecule is c1ccc(-c2nc(-c3ccccc3)nc(-c3ccc4c5ccccc5c5cc(-n6c7ccccc7c7ccc(N(c8ccccc8)c8ccccc8)cc76)ccc5c4c3)n2)cc1. The molecule has 0 amide bonds. The number of nitrogens with zero attached hydrogens (tertiary/aromatic N) is 5. The van der Waals surface area contributed by atoms with Crippen molar-refractivity contribution in [1.82, 2.24) is 19.5 Å². The van der Waals surface area contributed by atoms with Crippen LogP contribution < -0.4 is 4.90 Å². The van der Waals surface area contributed by atoms with Gasteiger partial charge >= 0.3 is 0 Å². The minimum absolute atomic E-state index is 0.638. The fraction of sp³-hybridized carbons (Fsp3) is 0. The van der Waals surface area contributed by atoms with Crippen LogP contribution in [-0.4, -0.2) is 19.5 Å². The highest BCUT2D eigenvalue weighted by Crippen LogP contribution is 2.42. The van der Waals surface area contributed by atoms with Gasteiger partial charge in [0.05, 0.1) is 11.0 Å². The molecule has 62 heavy (non-hydrogen) atoms. The van der Waals surface area contributed by atoms with Crippen LogP contribution in [0.15, 0.2) is 224 Å². The van der Waals surface area contributed by atoms with Crippen molar-refractivity contribution in [3.63, 3.8) is 0 Å². The molecule has 0 saturated heterocycles. The van der Waals surface area contributed by atoms with Gasteiger partial charge in [-0.05, 0) is 93.0 Å². The van der Waals surface area contributed by atoms with Crippen molar-refractivity contribution in [3.8, 4) is 39.9 Å². The number of fused-ring (bicyclic) bond motifs is 9. The maximum Gasteiger partial charge on any atom is 0.164 e. The van der Waals surface area contributed by atoms with Crippen LogP contribution in [0.4, 0.5) is 17.1 Å². The first-order chi connectivity index (χ1) is 30.7. The van der Waals surface area contributed by atoms with Crippen LogP contribution in [-0.2, 0) is 0 Å². The van der Waals surface area contributed by atoms with Gasteiger partial charge in [0.15, 0.2) is 17.5 Å². The number of para-hydroxylation sites is 3. The maximum atomic E-state index is 5.08. The van der Waals surface area contributed by atoms with Crippen LogP contribution in [0.3, 0.4) is 0 Å². The molecule has 0 unspecified atom stereocenters. The van der Waals surface area contributed by atoms with E-state index in [1.165, 1.54) is 37.7 Å². The van der Waals surface area contributed by atoms with Crippen LogP contribution in [0.1, 0.15) is 0 Å². The predicted molar refractivity (Wildman–Crippen MR) is 258 cm³/mol. The highest BCUT2D eigenvalue weighted by molar-refractivity contribution is 6.26. The smallest absolute Gasteiger partial charge is 0.164 e. The molecule has 5 heteroatoms. The molecule has 12 rings (SSSR count). The lowest BCUT2D eigenvalue weighted by Gasteiger charge is -2.25. The Hall–Kier alpha value is -8.41. The van der Waals surface area contributed by atoms with E-state index in [2.05, 4.69) is 173 Å². The van der Waals surface area contributed by atoms with Crippen LogP contribution in [0.5, 0.6) is 0 Å². The van der Waals surface area contributed by atoms with Gasteiger partial charge in [0, 0.05) is 50.2 Å². The summed E-state index contributed by atoms with van der Waals surface area (Å²) in [5.74, 6) is 1.93. The first-order valence-electron chi connectivity index (χ1n) is 20.9. The molecule has 0 atom stereocenters. The molecule has 0 aliphatic heterocycles. The van der Waals surface area contributed by atoms with Crippen molar-refractivity contribution in [3.05, 3.63) is 224 Å². The second-order valence-corrected chi connectivity index (χ2v) is 15.6. The Balaban J connectivity index is 1.07. The van der Waals surface area contributed by atoms with Gasteiger partial charge in [-0.2, -0.15) is 0 Å². The molecule has 0 aliphatic carbocycles. The summed E-state index contributed by atoms with van der Waals surface area (Å²) >= 11 is 0. The van der Waals surface area contributed by atoms with E-state index in [1.807, 2.05) is 60.7 Å². The summed E-state index contributed by atoms with van der Waals surface area (Å²) < 4.78 is 2.43. The second-order valence-electron chi connectivity index (χ2n) is 15.6. The fourth-order valence-electron chi connectivity index (χ4n) is 9.14. The number of aromatic nitrogens is 4. The summed E-state index contributed by atoms with van der Waals surface area (Å²) in [5.41, 5.74) is 9.54. The number of anilines is 3. The molecule has 0 bridgehead atoms. The first-order valence-corrected chi connectivity index (χ1v) is 20.9. The minimum atomic E-state index is 0.638. The summed E-state index contributed by atoms with van der Waals surface area (Å²) in [6.07, 6.45) is 0. The number of hydrogen-bond donors (Lipinski definition) is 0. The number of rotatable bonds is 7. The molecule has 0 spiro atoms.